The van der Waals surface area contributed by atoms with Gasteiger partial charge in [-0.2, -0.15) is 4.72 Å². The van der Waals surface area contributed by atoms with E-state index in [4.69, 9.17) is 4.42 Å². The van der Waals surface area contributed by atoms with E-state index in [-0.39, 0.29) is 22.3 Å². The molecule has 4 rings (SSSR count). The lowest BCUT2D eigenvalue weighted by atomic mass is 10.1. The van der Waals surface area contributed by atoms with Crippen molar-refractivity contribution in [2.45, 2.75) is 38.6 Å². The van der Waals surface area contributed by atoms with Crippen molar-refractivity contribution in [2.24, 2.45) is 5.92 Å². The van der Waals surface area contributed by atoms with Gasteiger partial charge in [0, 0.05) is 28.1 Å². The van der Waals surface area contributed by atoms with Crippen molar-refractivity contribution in [1.82, 2.24) is 4.72 Å². The molecule has 1 heterocycles. The summed E-state index contributed by atoms with van der Waals surface area (Å²) in [6.45, 7) is 6.54. The highest BCUT2D eigenvalue weighted by atomic mass is 32.2. The van der Waals surface area contributed by atoms with Crippen LogP contribution in [0.2, 0.25) is 0 Å². The molecular formula is C30H33N3O8S2. The average molecular weight is 628 g/mol. The summed E-state index contributed by atoms with van der Waals surface area (Å²) < 4.78 is 57.4. The van der Waals surface area contributed by atoms with Gasteiger partial charge in [-0.05, 0) is 60.4 Å². The molecule has 4 N–H and O–H groups in total. The Kier molecular flexibility index (Phi) is 9.28. The van der Waals surface area contributed by atoms with Crippen molar-refractivity contribution < 1.29 is 35.9 Å². The molecular weight excluding hydrogens is 594 g/mol. The molecule has 228 valence electrons. The minimum absolute atomic E-state index is 0.00487. The monoisotopic (exact) mass is 627 g/mol. The number of aryl methyl sites for hydroxylation is 1. The molecule has 11 nitrogen and oxygen atoms in total. The number of sulfone groups is 1. The van der Waals surface area contributed by atoms with Gasteiger partial charge in [-0.1, -0.05) is 51.1 Å². The number of carboxylic acid groups (broad SMARTS) is 1. The smallest absolute Gasteiger partial charge is 0.322 e. The summed E-state index contributed by atoms with van der Waals surface area (Å²) in [5, 5.41) is 15.7. The Morgan fingerprint density at radius 3 is 2.07 bits per heavy atom. The Balaban J connectivity index is 1.48. The molecule has 13 heteroatoms. The minimum Gasteiger partial charge on any atom is -0.480 e. The molecule has 1 aromatic heterocycles. The largest absolute Gasteiger partial charge is 0.480 e. The normalized spacial score (nSPS) is 12.8. The topological polar surface area (TPSA) is 172 Å². The van der Waals surface area contributed by atoms with Gasteiger partial charge in [-0.3, -0.25) is 9.59 Å². The zero-order valence-corrected chi connectivity index (χ0v) is 25.7. The van der Waals surface area contributed by atoms with Crippen LogP contribution >= 0.6 is 0 Å². The quantitative estimate of drug-likeness (QED) is 0.171. The fourth-order valence-electron chi connectivity index (χ4n) is 4.42. The third-order valence-electron chi connectivity index (χ3n) is 6.94. The molecule has 0 radical (unpaired) electrons. The zero-order valence-electron chi connectivity index (χ0n) is 24.0. The summed E-state index contributed by atoms with van der Waals surface area (Å²) in [5.74, 6) is -2.30. The van der Waals surface area contributed by atoms with Gasteiger partial charge in [-0.25, -0.2) is 16.8 Å². The predicted molar refractivity (Wildman–Crippen MR) is 165 cm³/mol. The second-order valence-corrected chi connectivity index (χ2v) is 14.4. The molecule has 0 aliphatic carbocycles. The first kappa shape index (κ1) is 31.7. The van der Waals surface area contributed by atoms with Crippen molar-refractivity contribution in [2.75, 3.05) is 22.3 Å². The summed E-state index contributed by atoms with van der Waals surface area (Å²) in [5.41, 5.74) is 3.54. The summed E-state index contributed by atoms with van der Waals surface area (Å²) >= 11 is 0. The van der Waals surface area contributed by atoms with Gasteiger partial charge in [0.15, 0.2) is 15.6 Å². The van der Waals surface area contributed by atoms with E-state index >= 15 is 0 Å². The molecule has 43 heavy (non-hydrogen) atoms. The van der Waals surface area contributed by atoms with E-state index in [0.29, 0.717) is 33.5 Å². The number of hydrogen-bond acceptors (Lipinski definition) is 8. The molecule has 0 fully saturated rings. The van der Waals surface area contributed by atoms with Crippen LogP contribution in [0.25, 0.3) is 22.1 Å². The second kappa shape index (κ2) is 12.6. The molecule has 4 aromatic rings. The number of carboxylic acids is 1. The van der Waals surface area contributed by atoms with Crippen molar-refractivity contribution >= 4 is 54.1 Å². The summed E-state index contributed by atoms with van der Waals surface area (Å²) in [7, 11) is -7.30. The Hall–Kier alpha value is -4.20. The first-order chi connectivity index (χ1) is 20.2. The van der Waals surface area contributed by atoms with Gasteiger partial charge in [0.05, 0.1) is 4.90 Å². The lowest BCUT2D eigenvalue weighted by Crippen LogP contribution is -2.44. The van der Waals surface area contributed by atoms with Crippen LogP contribution in [0.1, 0.15) is 36.9 Å². The molecule has 1 atom stereocenters. The summed E-state index contributed by atoms with van der Waals surface area (Å²) in [6.07, 6.45) is 0. The van der Waals surface area contributed by atoms with Crippen molar-refractivity contribution in [3.05, 3.63) is 78.1 Å². The summed E-state index contributed by atoms with van der Waals surface area (Å²) in [6, 6.07) is 16.8. The highest BCUT2D eigenvalue weighted by molar-refractivity contribution is 7.91. The van der Waals surface area contributed by atoms with Crippen LogP contribution in [0.4, 0.5) is 11.4 Å². The highest BCUT2D eigenvalue weighted by Gasteiger charge is 2.28. The van der Waals surface area contributed by atoms with Crippen LogP contribution in [0, 0.1) is 12.8 Å². The van der Waals surface area contributed by atoms with Crippen LogP contribution in [-0.2, 0) is 24.7 Å². The van der Waals surface area contributed by atoms with E-state index in [0.717, 1.165) is 5.56 Å². The van der Waals surface area contributed by atoms with E-state index < -0.39 is 43.7 Å². The van der Waals surface area contributed by atoms with Crippen LogP contribution in [0.5, 0.6) is 0 Å². The molecule has 0 aliphatic rings. The number of hydrogen-bond donors (Lipinski definition) is 4. The minimum atomic E-state index is -4.04. The predicted octanol–water partition coefficient (Wildman–Crippen LogP) is 4.85. The number of aliphatic carboxylic acids is 1. The number of fused-ring (bicyclic) bond motifs is 1. The number of benzene rings is 3. The van der Waals surface area contributed by atoms with Crippen molar-refractivity contribution in [1.29, 1.82) is 0 Å². The number of amides is 1. The fourth-order valence-corrected chi connectivity index (χ4v) is 6.34. The van der Waals surface area contributed by atoms with Gasteiger partial charge in [0.2, 0.25) is 10.0 Å². The van der Waals surface area contributed by atoms with E-state index in [1.165, 1.54) is 12.1 Å². The number of sulfonamides is 1. The number of carbonyl (C=O) groups is 2. The van der Waals surface area contributed by atoms with Crippen LogP contribution in [0.15, 0.2) is 76.0 Å². The molecule has 1 unspecified atom stereocenters. The molecule has 0 saturated carbocycles. The first-order valence-electron chi connectivity index (χ1n) is 13.5. The van der Waals surface area contributed by atoms with E-state index in [2.05, 4.69) is 15.4 Å². The van der Waals surface area contributed by atoms with E-state index in [9.17, 15) is 31.5 Å². The zero-order chi connectivity index (χ0) is 31.5. The number of anilines is 2. The number of rotatable bonds is 12. The van der Waals surface area contributed by atoms with Crippen molar-refractivity contribution in [3.63, 3.8) is 0 Å². The van der Waals surface area contributed by atoms with Crippen LogP contribution < -0.4 is 15.4 Å². The Bertz CT molecular complexity index is 1860. The van der Waals surface area contributed by atoms with Gasteiger partial charge < -0.3 is 20.2 Å². The molecule has 3 aromatic carbocycles. The van der Waals surface area contributed by atoms with E-state index in [1.54, 1.807) is 82.3 Å². The lowest BCUT2D eigenvalue weighted by Gasteiger charge is -2.18. The van der Waals surface area contributed by atoms with E-state index in [1.807, 2.05) is 0 Å². The van der Waals surface area contributed by atoms with Crippen LogP contribution in [0.3, 0.4) is 0 Å². The number of nitrogens with one attached hydrogen (secondary N) is 3. The SMILES string of the molecule is CCS(=O)(=O)CNc1cccc2oc(C(=O)Nc3ccc(-c4ccc(S(=O)(=O)NC(C(=O)O)C(C)C)cc4)cc3)c(C)c12. The molecule has 0 spiro atoms. The third-order valence-corrected chi connectivity index (χ3v) is 9.86. The van der Waals surface area contributed by atoms with Gasteiger partial charge in [-0.15, -0.1) is 0 Å². The summed E-state index contributed by atoms with van der Waals surface area (Å²) in [4.78, 5) is 24.5. The Morgan fingerprint density at radius 1 is 0.907 bits per heavy atom. The maximum absolute atomic E-state index is 13.1. The standard InChI is InChI=1S/C30H33N3O8S2/c1-5-42(37,38)17-31-24-7-6-8-25-26(24)19(4)28(41-25)29(34)32-22-13-9-20(10-14-22)21-11-15-23(16-12-21)43(39,40)33-27(18(2)3)30(35)36/h6-16,18,27,31,33H,5,17H2,1-4H3,(H,32,34)(H,35,36). The van der Waals surface area contributed by atoms with Gasteiger partial charge >= 0.3 is 5.97 Å². The number of furan rings is 1. The van der Waals surface area contributed by atoms with Crippen molar-refractivity contribution in [3.8, 4) is 11.1 Å². The molecule has 0 aliphatic heterocycles. The van der Waals surface area contributed by atoms with Crippen LogP contribution in [-0.4, -0.2) is 51.5 Å². The molecule has 0 bridgehead atoms. The second-order valence-electron chi connectivity index (χ2n) is 10.3. The highest BCUT2D eigenvalue weighted by Crippen LogP contribution is 2.32. The third kappa shape index (κ3) is 7.24. The van der Waals surface area contributed by atoms with Gasteiger partial charge in [0.1, 0.15) is 17.5 Å². The maximum atomic E-state index is 13.1. The first-order valence-corrected chi connectivity index (χ1v) is 16.8. The maximum Gasteiger partial charge on any atom is 0.322 e. The Morgan fingerprint density at radius 2 is 1.51 bits per heavy atom. The number of carbonyl (C=O) groups excluding carboxylic acids is 1. The average Bonchev–Trinajstić information content (AvgIpc) is 3.32. The van der Waals surface area contributed by atoms with Gasteiger partial charge in [0.25, 0.3) is 5.91 Å². The molecule has 0 saturated heterocycles. The molecule has 1 amide bonds. The Labute approximate surface area is 250 Å². The fraction of sp³-hybridized carbons (Fsp3) is 0.267. The lowest BCUT2D eigenvalue weighted by molar-refractivity contribution is -0.140.